The molecule has 0 spiro atoms. The van der Waals surface area contributed by atoms with Gasteiger partial charge in [0.25, 0.3) is 0 Å². The first-order valence-corrected chi connectivity index (χ1v) is 11.4. The number of nitrogens with one attached hydrogen (secondary N) is 3. The molecule has 10 nitrogen and oxygen atoms in total. The Morgan fingerprint density at radius 3 is 2.88 bits per heavy atom. The molecule has 1 atom stereocenters. The molecule has 5 rings (SSSR count). The fourth-order valence-corrected chi connectivity index (χ4v) is 4.65. The predicted octanol–water partition coefficient (Wildman–Crippen LogP) is 2.76. The zero-order valence-electron chi connectivity index (χ0n) is 17.9. The average molecular weight is 455 g/mol. The van der Waals surface area contributed by atoms with Crippen molar-refractivity contribution in [2.75, 3.05) is 30.9 Å². The summed E-state index contributed by atoms with van der Waals surface area (Å²) in [6.07, 6.45) is 6.93. The van der Waals surface area contributed by atoms with Crippen molar-refractivity contribution < 1.29 is 9.84 Å². The summed E-state index contributed by atoms with van der Waals surface area (Å²) in [7, 11) is 3.62. The van der Waals surface area contributed by atoms with E-state index in [1.165, 1.54) is 11.3 Å². The number of ether oxygens (including phenoxy) is 1. The van der Waals surface area contributed by atoms with Gasteiger partial charge >= 0.3 is 0 Å². The quantitative estimate of drug-likeness (QED) is 0.315. The largest absolute Gasteiger partial charge is 0.381 e. The van der Waals surface area contributed by atoms with Crippen LogP contribution in [0, 0.1) is 0 Å². The van der Waals surface area contributed by atoms with Crippen molar-refractivity contribution in [1.29, 1.82) is 0 Å². The summed E-state index contributed by atoms with van der Waals surface area (Å²) in [5, 5.41) is 26.0. The van der Waals surface area contributed by atoms with Crippen LogP contribution in [-0.4, -0.2) is 55.7 Å². The van der Waals surface area contributed by atoms with Crippen molar-refractivity contribution in [3.8, 4) is 5.69 Å². The minimum absolute atomic E-state index is 0.283. The van der Waals surface area contributed by atoms with E-state index < -0.39 is 6.23 Å². The summed E-state index contributed by atoms with van der Waals surface area (Å²) in [6, 6.07) is 4.16. The van der Waals surface area contributed by atoms with E-state index in [-0.39, 0.29) is 6.04 Å². The summed E-state index contributed by atoms with van der Waals surface area (Å²) in [4.78, 5) is 10.4. The monoisotopic (exact) mass is 454 g/mol. The van der Waals surface area contributed by atoms with E-state index in [0.29, 0.717) is 5.95 Å². The van der Waals surface area contributed by atoms with Crippen LogP contribution in [0.25, 0.3) is 16.7 Å². The van der Waals surface area contributed by atoms with Crippen LogP contribution in [0.5, 0.6) is 0 Å². The molecular weight excluding hydrogens is 428 g/mol. The maximum atomic E-state index is 10.00. The maximum absolute atomic E-state index is 10.00. The SMILES string of the molecule is CNC(O)c1cc(Nc2nc(NC3CCOCC3)c3c(ccn3-c3cnn(C)c3)n2)cs1. The molecule has 168 valence electrons. The van der Waals surface area contributed by atoms with Gasteiger partial charge in [-0.3, -0.25) is 10.00 Å². The van der Waals surface area contributed by atoms with Gasteiger partial charge in [0.15, 0.2) is 5.82 Å². The Labute approximate surface area is 189 Å². The predicted molar refractivity (Wildman–Crippen MR) is 125 cm³/mol. The van der Waals surface area contributed by atoms with Crippen LogP contribution in [0.1, 0.15) is 23.9 Å². The third-order valence-electron chi connectivity index (χ3n) is 5.48. The molecular formula is C21H26N8O2S. The number of nitrogens with zero attached hydrogens (tertiary/aromatic N) is 5. The maximum Gasteiger partial charge on any atom is 0.229 e. The number of rotatable bonds is 7. The third-order valence-corrected chi connectivity index (χ3v) is 6.47. The highest BCUT2D eigenvalue weighted by Crippen LogP contribution is 2.30. The normalized spacial score (nSPS) is 15.8. The Bertz CT molecular complexity index is 1210. The molecule has 1 aliphatic rings. The first-order valence-electron chi connectivity index (χ1n) is 10.5. The number of hydrogen-bond donors (Lipinski definition) is 4. The minimum Gasteiger partial charge on any atom is -0.381 e. The highest BCUT2D eigenvalue weighted by Gasteiger charge is 2.20. The minimum atomic E-state index is -0.696. The summed E-state index contributed by atoms with van der Waals surface area (Å²) in [6.45, 7) is 1.48. The van der Waals surface area contributed by atoms with Crippen LogP contribution in [0.4, 0.5) is 17.5 Å². The highest BCUT2D eigenvalue weighted by molar-refractivity contribution is 7.10. The zero-order chi connectivity index (χ0) is 22.1. The number of hydrogen-bond acceptors (Lipinski definition) is 9. The number of thiophene rings is 1. The number of anilines is 3. The molecule has 0 saturated carbocycles. The molecule has 32 heavy (non-hydrogen) atoms. The molecule has 1 fully saturated rings. The number of aromatic nitrogens is 5. The van der Waals surface area contributed by atoms with Crippen LogP contribution in [-0.2, 0) is 11.8 Å². The summed E-state index contributed by atoms with van der Waals surface area (Å²) >= 11 is 1.47. The molecule has 5 heterocycles. The molecule has 4 aromatic rings. The van der Waals surface area contributed by atoms with Crippen molar-refractivity contribution in [3.63, 3.8) is 0 Å². The smallest absolute Gasteiger partial charge is 0.229 e. The molecule has 0 bridgehead atoms. The van der Waals surface area contributed by atoms with Gasteiger partial charge in [-0.1, -0.05) is 0 Å². The number of aryl methyl sites for hydroxylation is 1. The van der Waals surface area contributed by atoms with E-state index in [4.69, 9.17) is 14.7 Å². The topological polar surface area (TPSA) is 114 Å². The first-order chi connectivity index (χ1) is 15.6. The van der Waals surface area contributed by atoms with Gasteiger partial charge in [0, 0.05) is 49.0 Å². The molecule has 1 saturated heterocycles. The molecule has 11 heteroatoms. The van der Waals surface area contributed by atoms with E-state index >= 15 is 0 Å². The van der Waals surface area contributed by atoms with Crippen molar-refractivity contribution in [2.24, 2.45) is 7.05 Å². The third kappa shape index (κ3) is 4.19. The summed E-state index contributed by atoms with van der Waals surface area (Å²) in [5.41, 5.74) is 3.52. The van der Waals surface area contributed by atoms with Crippen molar-refractivity contribution >= 4 is 39.8 Å². The van der Waals surface area contributed by atoms with Crippen LogP contribution in [0.15, 0.2) is 36.1 Å². The lowest BCUT2D eigenvalue weighted by molar-refractivity contribution is 0.0904. The van der Waals surface area contributed by atoms with Gasteiger partial charge in [0.1, 0.15) is 11.7 Å². The average Bonchev–Trinajstić information content (AvgIpc) is 3.54. The zero-order valence-corrected chi connectivity index (χ0v) is 18.8. The van der Waals surface area contributed by atoms with Gasteiger partial charge in [-0.15, -0.1) is 11.3 Å². The van der Waals surface area contributed by atoms with E-state index in [9.17, 15) is 5.11 Å². The second kappa shape index (κ2) is 8.87. The molecule has 4 N–H and O–H groups in total. The number of aliphatic hydroxyl groups excluding tert-OH is 1. The Kier molecular flexibility index (Phi) is 5.79. The standard InChI is InChI=1S/C21H26N8O2S/c1-22-20(30)17-9-14(12-32-17)25-21-26-16-3-6-29(15-10-23-28(2)11-15)18(16)19(27-21)24-13-4-7-31-8-5-13/h3,6,9-13,20,22,30H,4-5,7-8H2,1-2H3,(H2,24,25,26,27). The molecule has 0 amide bonds. The molecule has 0 aliphatic carbocycles. The van der Waals surface area contributed by atoms with Crippen molar-refractivity contribution in [2.45, 2.75) is 25.1 Å². The van der Waals surface area contributed by atoms with E-state index in [0.717, 1.165) is 59.2 Å². The molecule has 4 aromatic heterocycles. The van der Waals surface area contributed by atoms with E-state index in [1.54, 1.807) is 11.7 Å². The van der Waals surface area contributed by atoms with Crippen molar-refractivity contribution in [1.82, 2.24) is 29.6 Å². The van der Waals surface area contributed by atoms with Gasteiger partial charge in [0.05, 0.1) is 23.1 Å². The summed E-state index contributed by atoms with van der Waals surface area (Å²) in [5.74, 6) is 1.27. The Balaban J connectivity index is 1.52. The van der Waals surface area contributed by atoms with Gasteiger partial charge in [-0.25, -0.2) is 4.98 Å². The Morgan fingerprint density at radius 2 is 2.12 bits per heavy atom. The van der Waals surface area contributed by atoms with Gasteiger partial charge in [0.2, 0.25) is 5.95 Å². The lowest BCUT2D eigenvalue weighted by Gasteiger charge is -2.24. The number of aliphatic hydroxyl groups is 1. The Hall–Kier alpha value is -2.99. The van der Waals surface area contributed by atoms with Crippen molar-refractivity contribution in [3.05, 3.63) is 41.0 Å². The molecule has 1 aliphatic heterocycles. The van der Waals surface area contributed by atoms with Gasteiger partial charge in [-0.05, 0) is 32.0 Å². The molecule has 0 aromatic carbocycles. The fourth-order valence-electron chi connectivity index (χ4n) is 3.82. The lowest BCUT2D eigenvalue weighted by Crippen LogP contribution is -2.28. The lowest BCUT2D eigenvalue weighted by atomic mass is 10.1. The van der Waals surface area contributed by atoms with E-state index in [2.05, 4.69) is 25.6 Å². The van der Waals surface area contributed by atoms with Crippen LogP contribution < -0.4 is 16.0 Å². The molecule has 1 unspecified atom stereocenters. The van der Waals surface area contributed by atoms with Gasteiger partial charge < -0.3 is 25.0 Å². The molecule has 0 radical (unpaired) electrons. The van der Waals surface area contributed by atoms with E-state index in [1.807, 2.05) is 43.2 Å². The van der Waals surface area contributed by atoms with Crippen LogP contribution in [0.2, 0.25) is 0 Å². The highest BCUT2D eigenvalue weighted by atomic mass is 32.1. The Morgan fingerprint density at radius 1 is 1.28 bits per heavy atom. The fraction of sp³-hybridized carbons (Fsp3) is 0.381. The van der Waals surface area contributed by atoms with Gasteiger partial charge in [-0.2, -0.15) is 10.1 Å². The number of fused-ring (bicyclic) bond motifs is 1. The second-order valence-corrected chi connectivity index (χ2v) is 8.72. The van der Waals surface area contributed by atoms with Crippen LogP contribution in [0.3, 0.4) is 0 Å². The summed E-state index contributed by atoms with van der Waals surface area (Å²) < 4.78 is 9.34. The second-order valence-electron chi connectivity index (χ2n) is 7.77. The first kappa shape index (κ1) is 20.9. The van der Waals surface area contributed by atoms with Crippen LogP contribution >= 0.6 is 11.3 Å².